The highest BCUT2D eigenvalue weighted by molar-refractivity contribution is 6.29. The molecule has 2 aliphatic rings. The van der Waals surface area contributed by atoms with Gasteiger partial charge in [0.2, 0.25) is 5.91 Å². The third-order valence-corrected chi connectivity index (χ3v) is 4.26. The third kappa shape index (κ3) is 2.79. The fraction of sp³-hybridized carbons (Fsp3) is 0.333. The molecule has 0 unspecified atom stereocenters. The number of anilines is 2. The quantitative estimate of drug-likeness (QED) is 0.509. The van der Waals surface area contributed by atoms with Crippen molar-refractivity contribution < 1.29 is 14.5 Å². The van der Waals surface area contributed by atoms with Gasteiger partial charge in [-0.15, -0.1) is 11.6 Å². The van der Waals surface area contributed by atoms with E-state index in [-0.39, 0.29) is 29.8 Å². The van der Waals surface area contributed by atoms with Gasteiger partial charge in [-0.25, -0.2) is 0 Å². The van der Waals surface area contributed by atoms with E-state index in [1.165, 1.54) is 23.1 Å². The number of amides is 1. The van der Waals surface area contributed by atoms with E-state index < -0.39 is 4.92 Å². The summed E-state index contributed by atoms with van der Waals surface area (Å²) in [6.45, 7) is 0.136. The first-order valence-corrected chi connectivity index (χ1v) is 7.71. The molecule has 120 valence electrons. The van der Waals surface area contributed by atoms with Crippen LogP contribution < -0.4 is 10.2 Å². The second-order valence-corrected chi connectivity index (χ2v) is 5.70. The predicted octanol–water partition coefficient (Wildman–Crippen LogP) is 2.60. The Hall–Kier alpha value is -2.41. The number of non-ortho nitro benzene ring substituents is 1. The zero-order chi connectivity index (χ0) is 16.6. The maximum Gasteiger partial charge on any atom is 0.271 e. The van der Waals surface area contributed by atoms with Gasteiger partial charge in [-0.05, 0) is 18.9 Å². The molecule has 0 saturated carbocycles. The van der Waals surface area contributed by atoms with Crippen LogP contribution in [0.15, 0.2) is 29.5 Å². The van der Waals surface area contributed by atoms with E-state index in [4.69, 9.17) is 11.6 Å². The van der Waals surface area contributed by atoms with Crippen LogP contribution in [0.25, 0.3) is 0 Å². The number of carbonyl (C=O) groups is 2. The Bertz CT molecular complexity index is 744. The average molecular weight is 336 g/mol. The number of fused-ring (bicyclic) bond motifs is 1. The molecule has 1 aliphatic carbocycles. The molecule has 0 aromatic heterocycles. The summed E-state index contributed by atoms with van der Waals surface area (Å²) in [6, 6.07) is 4.22. The lowest BCUT2D eigenvalue weighted by atomic mass is 9.94. The van der Waals surface area contributed by atoms with E-state index >= 15 is 0 Å². The molecule has 1 heterocycles. The molecule has 0 saturated heterocycles. The van der Waals surface area contributed by atoms with Crippen molar-refractivity contribution in [3.63, 3.8) is 0 Å². The Kier molecular flexibility index (Phi) is 4.04. The summed E-state index contributed by atoms with van der Waals surface area (Å²) >= 11 is 5.68. The first-order valence-electron chi connectivity index (χ1n) is 7.18. The molecule has 23 heavy (non-hydrogen) atoms. The van der Waals surface area contributed by atoms with Crippen molar-refractivity contribution in [3.8, 4) is 0 Å². The molecular weight excluding hydrogens is 322 g/mol. The first-order chi connectivity index (χ1) is 11.0. The number of hydrogen-bond donors (Lipinski definition) is 1. The van der Waals surface area contributed by atoms with Crippen molar-refractivity contribution in [2.24, 2.45) is 0 Å². The molecule has 0 bridgehead atoms. The van der Waals surface area contributed by atoms with Crippen molar-refractivity contribution in [2.45, 2.75) is 19.3 Å². The molecule has 1 amide bonds. The smallest absolute Gasteiger partial charge is 0.271 e. The van der Waals surface area contributed by atoms with Crippen molar-refractivity contribution >= 4 is 40.4 Å². The van der Waals surface area contributed by atoms with Crippen LogP contribution in [0, 0.1) is 10.1 Å². The number of alkyl halides is 1. The van der Waals surface area contributed by atoms with E-state index in [0.717, 1.165) is 12.1 Å². The molecule has 1 aliphatic heterocycles. The van der Waals surface area contributed by atoms with Crippen LogP contribution in [0.4, 0.5) is 17.1 Å². The van der Waals surface area contributed by atoms with E-state index in [1.807, 2.05) is 0 Å². The normalized spacial score (nSPS) is 17.1. The van der Waals surface area contributed by atoms with Crippen LogP contribution in [0.3, 0.4) is 0 Å². The first kappa shape index (κ1) is 15.5. The van der Waals surface area contributed by atoms with Crippen molar-refractivity contribution in [3.05, 3.63) is 39.6 Å². The Balaban J connectivity index is 2.13. The van der Waals surface area contributed by atoms with Gasteiger partial charge in [-0.3, -0.25) is 19.7 Å². The summed E-state index contributed by atoms with van der Waals surface area (Å²) in [5.74, 6) is -0.586. The lowest BCUT2D eigenvalue weighted by Gasteiger charge is -2.23. The SMILES string of the molecule is O=C1CCCC2=C1CN(C(=O)CCl)c1ccc([N+](=O)[O-])cc1N2. The number of ketones is 1. The largest absolute Gasteiger partial charge is 0.357 e. The summed E-state index contributed by atoms with van der Waals surface area (Å²) in [6.07, 6.45) is 1.84. The number of halogens is 1. The molecule has 7 nitrogen and oxygen atoms in total. The molecular formula is C15H14ClN3O4. The summed E-state index contributed by atoms with van der Waals surface area (Å²) in [5.41, 5.74) is 2.13. The van der Waals surface area contributed by atoms with Crippen LogP contribution in [-0.4, -0.2) is 29.0 Å². The maximum absolute atomic E-state index is 12.2. The number of Topliss-reactive ketones (excluding diaryl/α,β-unsaturated/α-hetero) is 1. The number of carbonyl (C=O) groups excluding carboxylic acids is 2. The van der Waals surface area contributed by atoms with Crippen LogP contribution >= 0.6 is 11.6 Å². The van der Waals surface area contributed by atoms with Crippen LogP contribution in [0.5, 0.6) is 0 Å². The molecule has 1 aromatic carbocycles. The minimum Gasteiger partial charge on any atom is -0.357 e. The Labute approximate surface area is 137 Å². The van der Waals surface area contributed by atoms with Gasteiger partial charge in [0.05, 0.1) is 22.8 Å². The number of rotatable bonds is 2. The molecule has 3 rings (SSSR count). The number of nitrogens with zero attached hydrogens (tertiary/aromatic N) is 2. The molecule has 1 aromatic rings. The molecule has 1 N–H and O–H groups in total. The van der Waals surface area contributed by atoms with Crippen molar-refractivity contribution in [1.82, 2.24) is 0 Å². The van der Waals surface area contributed by atoms with Gasteiger partial charge in [-0.2, -0.15) is 0 Å². The van der Waals surface area contributed by atoms with Gasteiger partial charge in [-0.1, -0.05) is 0 Å². The van der Waals surface area contributed by atoms with Crippen molar-refractivity contribution in [1.29, 1.82) is 0 Å². The van der Waals surface area contributed by atoms with Gasteiger partial charge >= 0.3 is 0 Å². The van der Waals surface area contributed by atoms with E-state index in [0.29, 0.717) is 29.8 Å². The van der Waals surface area contributed by atoms with Crippen LogP contribution in [-0.2, 0) is 9.59 Å². The Morgan fingerprint density at radius 3 is 2.87 bits per heavy atom. The highest BCUT2D eigenvalue weighted by Gasteiger charge is 2.30. The van der Waals surface area contributed by atoms with Crippen molar-refractivity contribution in [2.75, 3.05) is 22.6 Å². The number of nitrogens with one attached hydrogen (secondary N) is 1. The number of benzene rings is 1. The highest BCUT2D eigenvalue weighted by Crippen LogP contribution is 2.37. The molecule has 0 atom stereocenters. The predicted molar refractivity (Wildman–Crippen MR) is 85.7 cm³/mol. The van der Waals surface area contributed by atoms with E-state index in [9.17, 15) is 19.7 Å². The fourth-order valence-electron chi connectivity index (χ4n) is 2.89. The Morgan fingerprint density at radius 1 is 1.39 bits per heavy atom. The molecule has 0 spiro atoms. The maximum atomic E-state index is 12.2. The van der Waals surface area contributed by atoms with E-state index in [2.05, 4.69) is 5.32 Å². The summed E-state index contributed by atoms with van der Waals surface area (Å²) in [7, 11) is 0. The molecule has 0 radical (unpaired) electrons. The molecule has 0 fully saturated rings. The topological polar surface area (TPSA) is 92.5 Å². The average Bonchev–Trinajstić information content (AvgIpc) is 2.70. The standard InChI is InChI=1S/C15H14ClN3O4/c16-7-15(21)18-8-10-11(2-1-3-14(10)20)17-12-6-9(19(22)23)4-5-13(12)18/h4-6,17H,1-3,7-8H2. The highest BCUT2D eigenvalue weighted by atomic mass is 35.5. The second kappa shape index (κ2) is 6.00. The minimum atomic E-state index is -0.498. The van der Waals surface area contributed by atoms with Gasteiger partial charge in [0.15, 0.2) is 5.78 Å². The lowest BCUT2D eigenvalue weighted by Crippen LogP contribution is -2.35. The van der Waals surface area contributed by atoms with E-state index in [1.54, 1.807) is 0 Å². The third-order valence-electron chi connectivity index (χ3n) is 4.03. The zero-order valence-electron chi connectivity index (χ0n) is 12.2. The van der Waals surface area contributed by atoms with Gasteiger partial charge in [0.1, 0.15) is 5.88 Å². The van der Waals surface area contributed by atoms with Crippen LogP contribution in [0.2, 0.25) is 0 Å². The molecule has 8 heteroatoms. The number of nitro benzene ring substituents is 1. The second-order valence-electron chi connectivity index (χ2n) is 5.43. The zero-order valence-corrected chi connectivity index (χ0v) is 12.9. The number of nitro groups is 1. The van der Waals surface area contributed by atoms with Crippen LogP contribution in [0.1, 0.15) is 19.3 Å². The van der Waals surface area contributed by atoms with Gasteiger partial charge in [0, 0.05) is 29.8 Å². The van der Waals surface area contributed by atoms with Gasteiger partial charge in [0.25, 0.3) is 5.69 Å². The lowest BCUT2D eigenvalue weighted by molar-refractivity contribution is -0.384. The monoisotopic (exact) mass is 335 g/mol. The summed E-state index contributed by atoms with van der Waals surface area (Å²) < 4.78 is 0. The fourth-order valence-corrected chi connectivity index (χ4v) is 3.04. The summed E-state index contributed by atoms with van der Waals surface area (Å²) in [5, 5.41) is 14.1. The number of allylic oxidation sites excluding steroid dienone is 1. The van der Waals surface area contributed by atoms with Gasteiger partial charge < -0.3 is 10.2 Å². The summed E-state index contributed by atoms with van der Waals surface area (Å²) in [4.78, 5) is 36.3. The Morgan fingerprint density at radius 2 is 2.17 bits per heavy atom. The minimum absolute atomic E-state index is 0.00608. The number of hydrogen-bond acceptors (Lipinski definition) is 5.